The fourth-order valence-electron chi connectivity index (χ4n) is 4.72. The number of pyridine rings is 1. The minimum Gasteiger partial charge on any atom is -0.493 e. The van der Waals surface area contributed by atoms with Gasteiger partial charge in [0.05, 0.1) is 32.3 Å². The Hall–Kier alpha value is -4.09. The van der Waals surface area contributed by atoms with E-state index in [2.05, 4.69) is 38.4 Å². The standard InChI is InChI=1S/C28H29FN6O3S/c1-4-24(27-31-32-33-35(27)15-18-7-9-21(29)10-8-18)34(17-22-6-5-11-39-22)16-20-12-19-13-25(37-2)26(38-3)14-23(19)30-28(20)36/h5-14,24H,4,15-17H2,1-3H3,(H,30,36). The predicted molar refractivity (Wildman–Crippen MR) is 148 cm³/mol. The molecule has 39 heavy (non-hydrogen) atoms. The van der Waals surface area contributed by atoms with E-state index in [0.717, 1.165) is 15.8 Å². The molecule has 0 saturated heterocycles. The van der Waals surface area contributed by atoms with Gasteiger partial charge in [-0.25, -0.2) is 9.07 Å². The van der Waals surface area contributed by atoms with Crippen molar-refractivity contribution < 1.29 is 13.9 Å². The number of aromatic amines is 1. The van der Waals surface area contributed by atoms with Crippen LogP contribution in [0.2, 0.25) is 0 Å². The minimum absolute atomic E-state index is 0.174. The molecule has 202 valence electrons. The van der Waals surface area contributed by atoms with Crippen molar-refractivity contribution in [3.63, 3.8) is 0 Å². The number of H-pyrrole nitrogens is 1. The van der Waals surface area contributed by atoms with Gasteiger partial charge in [0.15, 0.2) is 17.3 Å². The molecule has 2 aromatic carbocycles. The van der Waals surface area contributed by atoms with Gasteiger partial charge in [0.2, 0.25) is 0 Å². The Balaban J connectivity index is 1.51. The first-order valence-corrected chi connectivity index (χ1v) is 13.4. The maximum absolute atomic E-state index is 13.4. The summed E-state index contributed by atoms with van der Waals surface area (Å²) in [5.41, 5.74) is 2.00. The van der Waals surface area contributed by atoms with Crippen LogP contribution in [0.25, 0.3) is 10.9 Å². The highest BCUT2D eigenvalue weighted by Gasteiger charge is 2.26. The van der Waals surface area contributed by atoms with Crippen LogP contribution in [0, 0.1) is 5.82 Å². The van der Waals surface area contributed by atoms with Crippen molar-refractivity contribution in [2.24, 2.45) is 0 Å². The van der Waals surface area contributed by atoms with Crippen molar-refractivity contribution in [3.8, 4) is 11.5 Å². The molecule has 0 spiro atoms. The number of hydrogen-bond donors (Lipinski definition) is 1. The SMILES string of the molecule is CCC(c1nnnn1Cc1ccc(F)cc1)N(Cc1cccs1)Cc1cc2cc(OC)c(OC)cc2[nH]c1=O. The molecule has 0 bridgehead atoms. The van der Waals surface area contributed by atoms with Crippen molar-refractivity contribution >= 4 is 22.2 Å². The second-order valence-electron chi connectivity index (χ2n) is 9.15. The van der Waals surface area contributed by atoms with Gasteiger partial charge in [-0.2, -0.15) is 0 Å². The van der Waals surface area contributed by atoms with Crippen LogP contribution in [-0.2, 0) is 19.6 Å². The molecule has 5 rings (SSSR count). The number of thiophene rings is 1. The van der Waals surface area contributed by atoms with Crippen LogP contribution in [0.1, 0.15) is 41.2 Å². The smallest absolute Gasteiger partial charge is 0.252 e. The maximum Gasteiger partial charge on any atom is 0.252 e. The van der Waals surface area contributed by atoms with Crippen LogP contribution in [0.4, 0.5) is 4.39 Å². The molecule has 5 aromatic rings. The zero-order valence-corrected chi connectivity index (χ0v) is 22.7. The molecule has 0 aliphatic carbocycles. The third kappa shape index (κ3) is 5.84. The first kappa shape index (κ1) is 26.5. The highest BCUT2D eigenvalue weighted by atomic mass is 32.1. The monoisotopic (exact) mass is 548 g/mol. The molecule has 1 atom stereocenters. The van der Waals surface area contributed by atoms with Gasteiger partial charge in [-0.15, -0.1) is 16.4 Å². The Kier molecular flexibility index (Phi) is 7.99. The molecule has 0 radical (unpaired) electrons. The largest absolute Gasteiger partial charge is 0.493 e. The molecule has 1 N–H and O–H groups in total. The van der Waals surface area contributed by atoms with Crippen molar-refractivity contribution in [1.82, 2.24) is 30.1 Å². The van der Waals surface area contributed by atoms with Gasteiger partial charge < -0.3 is 14.5 Å². The van der Waals surface area contributed by atoms with Gasteiger partial charge in [0.1, 0.15) is 5.82 Å². The summed E-state index contributed by atoms with van der Waals surface area (Å²) >= 11 is 1.66. The van der Waals surface area contributed by atoms with Gasteiger partial charge in [0, 0.05) is 35.0 Å². The molecule has 3 heterocycles. The van der Waals surface area contributed by atoms with E-state index in [1.54, 1.807) is 48.4 Å². The summed E-state index contributed by atoms with van der Waals surface area (Å²) < 4.78 is 26.0. The molecule has 0 saturated carbocycles. The van der Waals surface area contributed by atoms with E-state index in [4.69, 9.17) is 9.47 Å². The molecular weight excluding hydrogens is 519 g/mol. The Morgan fingerprint density at radius 1 is 1.08 bits per heavy atom. The van der Waals surface area contributed by atoms with Crippen LogP contribution >= 0.6 is 11.3 Å². The number of methoxy groups -OCH3 is 2. The van der Waals surface area contributed by atoms with Crippen LogP contribution in [0.15, 0.2) is 64.8 Å². The maximum atomic E-state index is 13.4. The van der Waals surface area contributed by atoms with E-state index in [-0.39, 0.29) is 17.4 Å². The lowest BCUT2D eigenvalue weighted by molar-refractivity contribution is 0.163. The number of ether oxygens (including phenoxy) is 2. The summed E-state index contributed by atoms with van der Waals surface area (Å²) in [4.78, 5) is 19.6. The lowest BCUT2D eigenvalue weighted by Gasteiger charge is -2.30. The number of hydrogen-bond acceptors (Lipinski definition) is 8. The Bertz CT molecular complexity index is 1600. The molecule has 0 aliphatic rings. The number of nitrogens with one attached hydrogen (secondary N) is 1. The van der Waals surface area contributed by atoms with E-state index < -0.39 is 0 Å². The molecule has 0 aliphatic heterocycles. The van der Waals surface area contributed by atoms with Crippen molar-refractivity contribution in [2.45, 2.75) is 39.0 Å². The first-order valence-electron chi connectivity index (χ1n) is 12.5. The average molecular weight is 549 g/mol. The van der Waals surface area contributed by atoms with Gasteiger partial charge in [0.25, 0.3) is 5.56 Å². The van der Waals surface area contributed by atoms with Crippen LogP contribution in [0.5, 0.6) is 11.5 Å². The summed E-state index contributed by atoms with van der Waals surface area (Å²) in [6.45, 7) is 3.47. The van der Waals surface area contributed by atoms with Gasteiger partial charge in [-0.3, -0.25) is 9.69 Å². The molecular formula is C28H29FN6O3S. The second kappa shape index (κ2) is 11.7. The van der Waals surface area contributed by atoms with Crippen molar-refractivity contribution in [1.29, 1.82) is 0 Å². The van der Waals surface area contributed by atoms with Crippen molar-refractivity contribution in [2.75, 3.05) is 14.2 Å². The quantitative estimate of drug-likeness (QED) is 0.250. The fourth-order valence-corrected chi connectivity index (χ4v) is 5.45. The van der Waals surface area contributed by atoms with E-state index in [9.17, 15) is 9.18 Å². The summed E-state index contributed by atoms with van der Waals surface area (Å²) in [7, 11) is 3.15. The lowest BCUT2D eigenvalue weighted by Crippen LogP contribution is -2.32. The first-order chi connectivity index (χ1) is 19.0. The zero-order chi connectivity index (χ0) is 27.4. The lowest BCUT2D eigenvalue weighted by atomic mass is 10.1. The Morgan fingerprint density at radius 2 is 1.85 bits per heavy atom. The third-order valence-electron chi connectivity index (χ3n) is 6.67. The number of benzene rings is 2. The molecule has 1 unspecified atom stereocenters. The van der Waals surface area contributed by atoms with E-state index in [0.29, 0.717) is 54.5 Å². The number of rotatable bonds is 11. The van der Waals surface area contributed by atoms with Gasteiger partial charge in [-0.1, -0.05) is 25.1 Å². The normalized spacial score (nSPS) is 12.2. The van der Waals surface area contributed by atoms with E-state index in [1.807, 2.05) is 23.6 Å². The van der Waals surface area contributed by atoms with Crippen LogP contribution < -0.4 is 15.0 Å². The second-order valence-corrected chi connectivity index (χ2v) is 10.2. The van der Waals surface area contributed by atoms with E-state index in [1.165, 1.54) is 12.1 Å². The van der Waals surface area contributed by atoms with Gasteiger partial charge >= 0.3 is 0 Å². The number of fused-ring (bicyclic) bond motifs is 1. The molecule has 0 fully saturated rings. The highest BCUT2D eigenvalue weighted by Crippen LogP contribution is 2.32. The minimum atomic E-state index is -0.291. The molecule has 11 heteroatoms. The number of aromatic nitrogens is 5. The highest BCUT2D eigenvalue weighted by molar-refractivity contribution is 7.09. The third-order valence-corrected chi connectivity index (χ3v) is 7.53. The van der Waals surface area contributed by atoms with Crippen LogP contribution in [-0.4, -0.2) is 44.3 Å². The average Bonchev–Trinajstić information content (AvgIpc) is 3.62. The fraction of sp³-hybridized carbons (Fsp3) is 0.286. The molecule has 3 aromatic heterocycles. The number of nitrogens with zero attached hydrogens (tertiary/aromatic N) is 5. The molecule has 0 amide bonds. The number of halogens is 1. The van der Waals surface area contributed by atoms with Gasteiger partial charge in [-0.05, 0) is 58.1 Å². The predicted octanol–water partition coefficient (Wildman–Crippen LogP) is 4.93. The van der Waals surface area contributed by atoms with Crippen LogP contribution in [0.3, 0.4) is 0 Å². The Labute approximate surface area is 228 Å². The zero-order valence-electron chi connectivity index (χ0n) is 21.9. The summed E-state index contributed by atoms with van der Waals surface area (Å²) in [5, 5.41) is 15.4. The van der Waals surface area contributed by atoms with Crippen molar-refractivity contribution in [3.05, 3.63) is 98.0 Å². The summed E-state index contributed by atoms with van der Waals surface area (Å²) in [6.07, 6.45) is 0.714. The molecule has 9 nitrogen and oxygen atoms in total. The van der Waals surface area contributed by atoms with E-state index >= 15 is 0 Å². The Morgan fingerprint density at radius 3 is 2.54 bits per heavy atom. The summed E-state index contributed by atoms with van der Waals surface area (Å²) in [5.74, 6) is 1.53. The topological polar surface area (TPSA) is 98.2 Å². The number of tetrazole rings is 1. The summed E-state index contributed by atoms with van der Waals surface area (Å²) in [6, 6.07) is 15.7.